The number of nitrogens with zero attached hydrogens (tertiary/aromatic N) is 1. The Morgan fingerprint density at radius 3 is 2.82 bits per heavy atom. The first-order valence-corrected chi connectivity index (χ1v) is 5.13. The second-order valence-corrected chi connectivity index (χ2v) is 3.84. The first-order valence-electron chi connectivity index (χ1n) is 5.13. The minimum absolute atomic E-state index is 0.186. The fraction of sp³-hybridized carbons (Fsp3) is 0.455. The molecule has 3 nitrogen and oxygen atoms in total. The second-order valence-electron chi connectivity index (χ2n) is 3.84. The molecule has 1 unspecified atom stereocenters. The molecule has 0 aromatic carbocycles. The number of Topliss-reactive ketones (excluding diaryl/α,β-unsaturated/α-hetero) is 1. The fourth-order valence-electron chi connectivity index (χ4n) is 1.80. The van der Waals surface area contributed by atoms with E-state index in [1.54, 1.807) is 0 Å². The van der Waals surface area contributed by atoms with Crippen LogP contribution in [0.3, 0.4) is 0 Å². The molecule has 2 rings (SSSR count). The number of alkyl halides is 3. The third-order valence-electron chi connectivity index (χ3n) is 2.69. The summed E-state index contributed by atoms with van der Waals surface area (Å²) in [5, 5.41) is 0. The van der Waals surface area contributed by atoms with Crippen molar-refractivity contribution in [3.05, 3.63) is 29.6 Å². The molecule has 0 N–H and O–H groups in total. The van der Waals surface area contributed by atoms with Gasteiger partial charge in [0.1, 0.15) is 0 Å². The molecule has 0 bridgehead atoms. The topological polar surface area (TPSA) is 39.2 Å². The van der Waals surface area contributed by atoms with Gasteiger partial charge in [-0.15, -0.1) is 0 Å². The average molecular weight is 245 g/mol. The maximum absolute atomic E-state index is 12.7. The predicted molar refractivity (Wildman–Crippen MR) is 52.5 cm³/mol. The Labute approximate surface area is 95.6 Å². The molecule has 1 aromatic rings. The van der Waals surface area contributed by atoms with Gasteiger partial charge in [0.25, 0.3) is 0 Å². The molecule has 1 atom stereocenters. The molecule has 1 aliphatic heterocycles. The van der Waals surface area contributed by atoms with E-state index in [-0.39, 0.29) is 12.2 Å². The van der Waals surface area contributed by atoms with Crippen molar-refractivity contribution in [2.45, 2.75) is 12.6 Å². The first-order chi connectivity index (χ1) is 8.00. The van der Waals surface area contributed by atoms with Crippen molar-refractivity contribution in [1.82, 2.24) is 4.98 Å². The van der Waals surface area contributed by atoms with E-state index in [0.29, 0.717) is 13.0 Å². The van der Waals surface area contributed by atoms with E-state index >= 15 is 0 Å². The molecule has 17 heavy (non-hydrogen) atoms. The summed E-state index contributed by atoms with van der Waals surface area (Å²) in [6, 6.07) is 0.822. The normalized spacial score (nSPS) is 20.5. The molecule has 0 amide bonds. The van der Waals surface area contributed by atoms with Gasteiger partial charge in [0.2, 0.25) is 0 Å². The van der Waals surface area contributed by atoms with Gasteiger partial charge in [-0.1, -0.05) is 0 Å². The standard InChI is InChI=1S/C11H10F3NO2/c12-11(13,14)9-1-3-15-5-8(9)10(16)7-2-4-17-6-7/h1,3,5,7H,2,4,6H2. The van der Waals surface area contributed by atoms with Gasteiger partial charge in [-0.05, 0) is 12.5 Å². The fourth-order valence-corrected chi connectivity index (χ4v) is 1.80. The number of hydrogen-bond acceptors (Lipinski definition) is 3. The molecular formula is C11H10F3NO2. The summed E-state index contributed by atoms with van der Waals surface area (Å²) in [6.07, 6.45) is -2.06. The van der Waals surface area contributed by atoms with E-state index in [0.717, 1.165) is 18.5 Å². The Kier molecular flexibility index (Phi) is 3.15. The van der Waals surface area contributed by atoms with Crippen molar-refractivity contribution in [2.75, 3.05) is 13.2 Å². The van der Waals surface area contributed by atoms with Crippen LogP contribution in [0.15, 0.2) is 18.5 Å². The van der Waals surface area contributed by atoms with Crippen LogP contribution in [0.4, 0.5) is 13.2 Å². The van der Waals surface area contributed by atoms with Gasteiger partial charge in [0.15, 0.2) is 5.78 Å². The number of ketones is 1. The molecule has 1 fully saturated rings. The summed E-state index contributed by atoms with van der Waals surface area (Å²) in [7, 11) is 0. The van der Waals surface area contributed by atoms with Gasteiger partial charge < -0.3 is 4.74 Å². The van der Waals surface area contributed by atoms with E-state index < -0.39 is 23.4 Å². The monoisotopic (exact) mass is 245 g/mol. The summed E-state index contributed by atoms with van der Waals surface area (Å²) >= 11 is 0. The maximum Gasteiger partial charge on any atom is 0.417 e. The largest absolute Gasteiger partial charge is 0.417 e. The number of carbonyl (C=O) groups excluding carboxylic acids is 1. The van der Waals surface area contributed by atoms with Crippen LogP contribution in [-0.2, 0) is 10.9 Å². The lowest BCUT2D eigenvalue weighted by Crippen LogP contribution is -2.20. The number of pyridine rings is 1. The molecule has 6 heteroatoms. The van der Waals surface area contributed by atoms with Crippen LogP contribution in [0.2, 0.25) is 0 Å². The van der Waals surface area contributed by atoms with Gasteiger partial charge in [-0.25, -0.2) is 0 Å². The Bertz CT molecular complexity index is 425. The van der Waals surface area contributed by atoms with Crippen LogP contribution in [0, 0.1) is 5.92 Å². The quantitative estimate of drug-likeness (QED) is 0.750. The van der Waals surface area contributed by atoms with E-state index in [2.05, 4.69) is 4.98 Å². The first kappa shape index (κ1) is 12.0. The number of rotatable bonds is 2. The molecule has 92 valence electrons. The van der Waals surface area contributed by atoms with E-state index in [1.165, 1.54) is 0 Å². The Balaban J connectivity index is 2.34. The average Bonchev–Trinajstić information content (AvgIpc) is 2.80. The molecule has 2 heterocycles. The highest BCUT2D eigenvalue weighted by Gasteiger charge is 2.37. The van der Waals surface area contributed by atoms with Crippen molar-refractivity contribution < 1.29 is 22.7 Å². The number of aromatic nitrogens is 1. The zero-order valence-electron chi connectivity index (χ0n) is 8.83. The minimum Gasteiger partial charge on any atom is -0.381 e. The minimum atomic E-state index is -4.53. The van der Waals surface area contributed by atoms with Gasteiger partial charge in [0, 0.05) is 30.5 Å². The van der Waals surface area contributed by atoms with Crippen molar-refractivity contribution in [1.29, 1.82) is 0 Å². The summed E-state index contributed by atoms with van der Waals surface area (Å²) in [5.41, 5.74) is -1.29. The smallest absolute Gasteiger partial charge is 0.381 e. The predicted octanol–water partition coefficient (Wildman–Crippen LogP) is 2.32. The number of carbonyl (C=O) groups is 1. The lowest BCUT2D eigenvalue weighted by molar-refractivity contribution is -0.138. The summed E-state index contributed by atoms with van der Waals surface area (Å²) < 4.78 is 43.1. The Morgan fingerprint density at radius 1 is 1.47 bits per heavy atom. The van der Waals surface area contributed by atoms with E-state index in [1.807, 2.05) is 0 Å². The van der Waals surface area contributed by atoms with Gasteiger partial charge >= 0.3 is 6.18 Å². The third-order valence-corrected chi connectivity index (χ3v) is 2.69. The zero-order valence-corrected chi connectivity index (χ0v) is 8.83. The maximum atomic E-state index is 12.7. The third kappa shape index (κ3) is 2.46. The molecule has 1 aromatic heterocycles. The highest BCUT2D eigenvalue weighted by molar-refractivity contribution is 5.99. The summed E-state index contributed by atoms with van der Waals surface area (Å²) in [4.78, 5) is 15.5. The highest BCUT2D eigenvalue weighted by atomic mass is 19.4. The SMILES string of the molecule is O=C(c1cnccc1C(F)(F)F)C1CCOC1. The van der Waals surface area contributed by atoms with Crippen molar-refractivity contribution in [3.63, 3.8) is 0 Å². The molecule has 0 aliphatic carbocycles. The lowest BCUT2D eigenvalue weighted by Gasteiger charge is -2.13. The van der Waals surface area contributed by atoms with Crippen LogP contribution in [0.25, 0.3) is 0 Å². The van der Waals surface area contributed by atoms with Crippen LogP contribution < -0.4 is 0 Å². The summed E-state index contributed by atoms with van der Waals surface area (Å²) in [6.45, 7) is 0.600. The number of hydrogen-bond donors (Lipinski definition) is 0. The molecule has 1 aliphatic rings. The summed E-state index contributed by atoms with van der Waals surface area (Å²) in [5.74, 6) is -1.02. The molecule has 1 saturated heterocycles. The molecular weight excluding hydrogens is 235 g/mol. The highest BCUT2D eigenvalue weighted by Crippen LogP contribution is 2.33. The zero-order chi connectivity index (χ0) is 12.5. The van der Waals surface area contributed by atoms with E-state index in [4.69, 9.17) is 4.74 Å². The van der Waals surface area contributed by atoms with Crippen molar-refractivity contribution in [2.24, 2.45) is 5.92 Å². The number of halogens is 3. The van der Waals surface area contributed by atoms with E-state index in [9.17, 15) is 18.0 Å². The Morgan fingerprint density at radius 2 is 2.24 bits per heavy atom. The second kappa shape index (κ2) is 4.44. The Hall–Kier alpha value is -1.43. The van der Waals surface area contributed by atoms with Crippen LogP contribution in [0.5, 0.6) is 0 Å². The van der Waals surface area contributed by atoms with Crippen LogP contribution >= 0.6 is 0 Å². The van der Waals surface area contributed by atoms with Crippen molar-refractivity contribution in [3.8, 4) is 0 Å². The molecule has 0 spiro atoms. The van der Waals surface area contributed by atoms with Crippen LogP contribution in [-0.4, -0.2) is 24.0 Å². The number of ether oxygens (including phenoxy) is 1. The van der Waals surface area contributed by atoms with Gasteiger partial charge in [-0.3, -0.25) is 9.78 Å². The van der Waals surface area contributed by atoms with Gasteiger partial charge in [-0.2, -0.15) is 13.2 Å². The van der Waals surface area contributed by atoms with Crippen molar-refractivity contribution >= 4 is 5.78 Å². The molecule has 0 saturated carbocycles. The lowest BCUT2D eigenvalue weighted by atomic mass is 9.95. The van der Waals surface area contributed by atoms with Gasteiger partial charge in [0.05, 0.1) is 12.2 Å². The molecule has 0 radical (unpaired) electrons. The van der Waals surface area contributed by atoms with Crippen LogP contribution in [0.1, 0.15) is 22.3 Å².